The fraction of sp³-hybridized carbons (Fsp3) is 0.333. The molecule has 2 aromatic rings. The highest BCUT2D eigenvalue weighted by atomic mass is 16.2. The third kappa shape index (κ3) is 1.73. The van der Waals surface area contributed by atoms with Crippen molar-refractivity contribution in [1.29, 1.82) is 0 Å². The number of benzene rings is 2. The summed E-state index contributed by atoms with van der Waals surface area (Å²) in [4.78, 5) is 27.0. The van der Waals surface area contributed by atoms with Gasteiger partial charge in [-0.1, -0.05) is 49.4 Å². The van der Waals surface area contributed by atoms with E-state index in [0.29, 0.717) is 5.56 Å². The number of amides is 1. The Morgan fingerprint density at radius 2 is 1.62 bits per heavy atom. The van der Waals surface area contributed by atoms with Gasteiger partial charge in [-0.05, 0) is 43.9 Å². The Labute approximate surface area is 142 Å². The van der Waals surface area contributed by atoms with Crippen LogP contribution in [0.15, 0.2) is 42.5 Å². The number of Topliss-reactive ketones (excluding diaryl/α,β-unsaturated/α-hetero) is 1. The second-order valence-corrected chi connectivity index (χ2v) is 7.81. The minimum absolute atomic E-state index is 0.232. The molecule has 0 saturated carbocycles. The Balaban J connectivity index is 2.08. The summed E-state index contributed by atoms with van der Waals surface area (Å²) < 4.78 is 0. The molecule has 0 aliphatic carbocycles. The van der Waals surface area contributed by atoms with Gasteiger partial charge in [0.1, 0.15) is 0 Å². The van der Waals surface area contributed by atoms with Crippen molar-refractivity contribution in [3.05, 3.63) is 64.7 Å². The van der Waals surface area contributed by atoms with E-state index in [1.807, 2.05) is 31.2 Å². The van der Waals surface area contributed by atoms with Crippen molar-refractivity contribution >= 4 is 17.4 Å². The van der Waals surface area contributed by atoms with Crippen molar-refractivity contribution < 1.29 is 9.59 Å². The van der Waals surface area contributed by atoms with Crippen LogP contribution in [-0.2, 0) is 10.2 Å². The van der Waals surface area contributed by atoms with Crippen molar-refractivity contribution in [2.45, 2.75) is 45.1 Å². The monoisotopic (exact) mass is 319 g/mol. The lowest BCUT2D eigenvalue weighted by Crippen LogP contribution is -2.54. The molecular weight excluding hydrogens is 298 g/mol. The summed E-state index contributed by atoms with van der Waals surface area (Å²) in [6.45, 7) is 8.24. The van der Waals surface area contributed by atoms with Crippen LogP contribution < -0.4 is 4.90 Å². The fourth-order valence-corrected chi connectivity index (χ4v) is 4.65. The van der Waals surface area contributed by atoms with Crippen LogP contribution in [0, 0.1) is 6.92 Å². The van der Waals surface area contributed by atoms with Crippen molar-refractivity contribution in [1.82, 2.24) is 0 Å². The van der Waals surface area contributed by atoms with E-state index in [2.05, 4.69) is 39.0 Å². The number of nitrogens with zero attached hydrogens (tertiary/aromatic N) is 1. The van der Waals surface area contributed by atoms with Crippen LogP contribution in [0.3, 0.4) is 0 Å². The third-order valence-corrected chi connectivity index (χ3v) is 5.63. The van der Waals surface area contributed by atoms with Crippen LogP contribution in [0.25, 0.3) is 0 Å². The van der Waals surface area contributed by atoms with Crippen LogP contribution in [0.4, 0.5) is 5.69 Å². The molecule has 24 heavy (non-hydrogen) atoms. The molecule has 0 N–H and O–H groups in total. The molecule has 2 aliphatic heterocycles. The number of carbonyl (C=O) groups excluding carboxylic acids is 2. The zero-order valence-corrected chi connectivity index (χ0v) is 14.5. The Hall–Kier alpha value is -2.42. The van der Waals surface area contributed by atoms with E-state index in [1.165, 1.54) is 5.56 Å². The summed E-state index contributed by atoms with van der Waals surface area (Å²) in [6.07, 6.45) is 0.776. The lowest BCUT2D eigenvalue weighted by molar-refractivity contribution is -0.115. The molecule has 1 amide bonds. The second kappa shape index (κ2) is 4.56. The first-order chi connectivity index (χ1) is 11.3. The van der Waals surface area contributed by atoms with Gasteiger partial charge in [0.05, 0.1) is 11.3 Å². The zero-order chi connectivity index (χ0) is 17.3. The minimum Gasteiger partial charge on any atom is -0.299 e. The Morgan fingerprint density at radius 3 is 2.29 bits per heavy atom. The molecule has 0 bridgehead atoms. The lowest BCUT2D eigenvalue weighted by atomic mass is 9.65. The molecular formula is C21H21NO2. The first-order valence-electron chi connectivity index (χ1n) is 8.36. The highest BCUT2D eigenvalue weighted by molar-refractivity contribution is 6.53. The van der Waals surface area contributed by atoms with E-state index in [1.54, 1.807) is 4.90 Å². The van der Waals surface area contributed by atoms with Crippen molar-refractivity contribution in [3.8, 4) is 0 Å². The fourth-order valence-electron chi connectivity index (χ4n) is 4.65. The summed E-state index contributed by atoms with van der Waals surface area (Å²) in [7, 11) is 0. The van der Waals surface area contributed by atoms with Gasteiger partial charge in [-0.2, -0.15) is 0 Å². The predicted molar refractivity (Wildman–Crippen MR) is 94.6 cm³/mol. The number of hydrogen-bond acceptors (Lipinski definition) is 2. The Morgan fingerprint density at radius 1 is 0.958 bits per heavy atom. The van der Waals surface area contributed by atoms with Gasteiger partial charge in [0.25, 0.3) is 11.7 Å². The van der Waals surface area contributed by atoms with Gasteiger partial charge in [0.15, 0.2) is 0 Å². The van der Waals surface area contributed by atoms with Crippen molar-refractivity contribution in [3.63, 3.8) is 0 Å². The summed E-state index contributed by atoms with van der Waals surface area (Å²) in [5, 5.41) is 0. The van der Waals surface area contributed by atoms with Crippen LogP contribution in [0.5, 0.6) is 0 Å². The molecule has 3 heteroatoms. The molecule has 0 radical (unpaired) electrons. The zero-order valence-electron chi connectivity index (χ0n) is 14.5. The molecule has 2 aromatic carbocycles. The second-order valence-electron chi connectivity index (χ2n) is 7.81. The highest BCUT2D eigenvalue weighted by Gasteiger charge is 2.54. The van der Waals surface area contributed by atoms with Gasteiger partial charge in [0.2, 0.25) is 0 Å². The molecule has 122 valence electrons. The SMILES string of the molecule is Cc1ccc2c3c1C(=O)C(=O)N3C(C)(C)C[C@@]2(C)c1ccccc1. The minimum atomic E-state index is -0.413. The number of rotatable bonds is 1. The standard InChI is InChI=1S/C21H21NO2/c1-13-10-11-15-17-16(13)18(23)19(24)22(17)20(2,3)12-21(15,4)14-8-6-5-7-9-14/h5-11H,12H2,1-4H3/t21-/m0/s1. The summed E-state index contributed by atoms with van der Waals surface area (Å²) in [5.74, 6) is -0.754. The molecule has 0 unspecified atom stereocenters. The largest absolute Gasteiger partial charge is 0.299 e. The molecule has 2 aliphatic rings. The summed E-state index contributed by atoms with van der Waals surface area (Å²) in [5.41, 5.74) is 3.94. The molecule has 1 atom stereocenters. The van der Waals surface area contributed by atoms with Crippen LogP contribution in [-0.4, -0.2) is 17.2 Å². The van der Waals surface area contributed by atoms with Gasteiger partial charge in [-0.25, -0.2) is 0 Å². The van der Waals surface area contributed by atoms with E-state index in [-0.39, 0.29) is 17.1 Å². The Kier molecular flexibility index (Phi) is 2.88. The van der Waals surface area contributed by atoms with Gasteiger partial charge in [-0.15, -0.1) is 0 Å². The molecule has 3 nitrogen and oxygen atoms in total. The maximum Gasteiger partial charge on any atom is 0.299 e. The van der Waals surface area contributed by atoms with E-state index < -0.39 is 5.54 Å². The molecule has 0 fully saturated rings. The summed E-state index contributed by atoms with van der Waals surface area (Å²) in [6, 6.07) is 14.4. The van der Waals surface area contributed by atoms with Gasteiger partial charge >= 0.3 is 0 Å². The molecule has 4 rings (SSSR count). The number of aryl methyl sites for hydroxylation is 1. The average Bonchev–Trinajstić information content (AvgIpc) is 2.80. The van der Waals surface area contributed by atoms with Crippen LogP contribution in [0.2, 0.25) is 0 Å². The smallest absolute Gasteiger partial charge is 0.299 e. The normalized spacial score (nSPS) is 24.2. The van der Waals surface area contributed by atoms with Gasteiger partial charge in [0, 0.05) is 11.0 Å². The molecule has 0 spiro atoms. The number of hydrogen-bond donors (Lipinski definition) is 0. The van der Waals surface area contributed by atoms with Crippen molar-refractivity contribution in [2.24, 2.45) is 0 Å². The van der Waals surface area contributed by atoms with E-state index in [9.17, 15) is 9.59 Å². The third-order valence-electron chi connectivity index (χ3n) is 5.63. The Bertz CT molecular complexity index is 882. The molecule has 0 aromatic heterocycles. The quantitative estimate of drug-likeness (QED) is 0.745. The van der Waals surface area contributed by atoms with Crippen LogP contribution in [0.1, 0.15) is 54.2 Å². The van der Waals surface area contributed by atoms with Gasteiger partial charge in [-0.3, -0.25) is 14.5 Å². The molecule has 2 heterocycles. The van der Waals surface area contributed by atoms with Crippen molar-refractivity contribution in [2.75, 3.05) is 4.90 Å². The number of ketones is 1. The lowest BCUT2D eigenvalue weighted by Gasteiger charge is -2.49. The summed E-state index contributed by atoms with van der Waals surface area (Å²) >= 11 is 0. The van der Waals surface area contributed by atoms with Crippen LogP contribution >= 0.6 is 0 Å². The number of carbonyl (C=O) groups is 2. The van der Waals surface area contributed by atoms with E-state index >= 15 is 0 Å². The first-order valence-corrected chi connectivity index (χ1v) is 8.36. The topological polar surface area (TPSA) is 37.4 Å². The van der Waals surface area contributed by atoms with E-state index in [0.717, 1.165) is 23.2 Å². The molecule has 0 saturated heterocycles. The van der Waals surface area contributed by atoms with Gasteiger partial charge < -0.3 is 0 Å². The average molecular weight is 319 g/mol. The predicted octanol–water partition coefficient (Wildman–Crippen LogP) is 4.01. The maximum absolute atomic E-state index is 12.7. The number of anilines is 1. The van der Waals surface area contributed by atoms with E-state index in [4.69, 9.17) is 0 Å². The maximum atomic E-state index is 12.7. The highest BCUT2D eigenvalue weighted by Crippen LogP contribution is 2.54. The first kappa shape index (κ1) is 15.1.